The molecule has 19 heavy (non-hydrogen) atoms. The third kappa shape index (κ3) is 5.33. The first-order valence-electron chi connectivity index (χ1n) is 7.01. The molecular formula is C16H27N3. The highest BCUT2D eigenvalue weighted by atomic mass is 15.2. The third-order valence-corrected chi connectivity index (χ3v) is 3.09. The molecule has 3 nitrogen and oxygen atoms in total. The number of nitrogens with zero attached hydrogens (tertiary/aromatic N) is 1. The molecule has 0 atom stereocenters. The molecule has 1 aromatic carbocycles. The van der Waals surface area contributed by atoms with Crippen LogP contribution in [0.4, 0.5) is 0 Å². The molecule has 0 bridgehead atoms. The first-order chi connectivity index (χ1) is 8.97. The highest BCUT2D eigenvalue weighted by Gasteiger charge is 2.12. The van der Waals surface area contributed by atoms with Crippen LogP contribution in [0.25, 0.3) is 0 Å². The average molecular weight is 261 g/mol. The second kappa shape index (κ2) is 7.17. The Kier molecular flexibility index (Phi) is 5.87. The first kappa shape index (κ1) is 15.5. The molecule has 0 aliphatic rings. The van der Waals surface area contributed by atoms with Gasteiger partial charge in [-0.2, -0.15) is 0 Å². The van der Waals surface area contributed by atoms with E-state index in [2.05, 4.69) is 67.6 Å². The standard InChI is InChI=1S/C16H27N3/c1-6-18-15(17-5)19-12-11-13-7-9-14(10-8-13)16(2,3)4/h7-10H,6,11-12H2,1-5H3,(H2,17,18,19). The minimum absolute atomic E-state index is 0.226. The minimum atomic E-state index is 0.226. The van der Waals surface area contributed by atoms with Gasteiger partial charge in [0.1, 0.15) is 0 Å². The second-order valence-corrected chi connectivity index (χ2v) is 5.73. The molecule has 0 saturated heterocycles. The Morgan fingerprint density at radius 3 is 2.21 bits per heavy atom. The number of aliphatic imine (C=N–C) groups is 1. The monoisotopic (exact) mass is 261 g/mol. The van der Waals surface area contributed by atoms with Crippen LogP contribution in [-0.2, 0) is 11.8 Å². The normalized spacial score (nSPS) is 12.4. The van der Waals surface area contributed by atoms with Crippen LogP contribution in [0, 0.1) is 0 Å². The van der Waals surface area contributed by atoms with Gasteiger partial charge in [-0.3, -0.25) is 4.99 Å². The zero-order chi connectivity index (χ0) is 14.3. The van der Waals surface area contributed by atoms with Crippen molar-refractivity contribution in [2.75, 3.05) is 20.1 Å². The van der Waals surface area contributed by atoms with Crippen molar-refractivity contribution in [1.82, 2.24) is 10.6 Å². The zero-order valence-electron chi connectivity index (χ0n) is 12.9. The van der Waals surface area contributed by atoms with Crippen molar-refractivity contribution in [3.63, 3.8) is 0 Å². The summed E-state index contributed by atoms with van der Waals surface area (Å²) in [6.07, 6.45) is 1.01. The molecule has 0 heterocycles. The average Bonchev–Trinajstić information content (AvgIpc) is 2.37. The smallest absolute Gasteiger partial charge is 0.190 e. The lowest BCUT2D eigenvalue weighted by Crippen LogP contribution is -2.38. The Labute approximate surface area is 117 Å². The van der Waals surface area contributed by atoms with Gasteiger partial charge < -0.3 is 10.6 Å². The molecule has 0 aromatic heterocycles. The van der Waals surface area contributed by atoms with Crippen molar-refractivity contribution in [2.24, 2.45) is 4.99 Å². The Hall–Kier alpha value is -1.51. The molecule has 0 saturated carbocycles. The van der Waals surface area contributed by atoms with Gasteiger partial charge in [0.05, 0.1) is 0 Å². The summed E-state index contributed by atoms with van der Waals surface area (Å²) in [6.45, 7) is 10.6. The Morgan fingerprint density at radius 1 is 1.11 bits per heavy atom. The topological polar surface area (TPSA) is 36.4 Å². The van der Waals surface area contributed by atoms with Gasteiger partial charge in [0, 0.05) is 20.1 Å². The van der Waals surface area contributed by atoms with Crippen molar-refractivity contribution >= 4 is 5.96 Å². The molecule has 0 aliphatic heterocycles. The third-order valence-electron chi connectivity index (χ3n) is 3.09. The Bertz CT molecular complexity index is 399. The lowest BCUT2D eigenvalue weighted by molar-refractivity contribution is 0.590. The van der Waals surface area contributed by atoms with Crippen molar-refractivity contribution in [3.05, 3.63) is 35.4 Å². The summed E-state index contributed by atoms with van der Waals surface area (Å²) in [5.74, 6) is 0.869. The van der Waals surface area contributed by atoms with Crippen molar-refractivity contribution < 1.29 is 0 Å². The summed E-state index contributed by atoms with van der Waals surface area (Å²) in [5.41, 5.74) is 2.96. The summed E-state index contributed by atoms with van der Waals surface area (Å²) >= 11 is 0. The van der Waals surface area contributed by atoms with E-state index in [0.29, 0.717) is 0 Å². The van der Waals surface area contributed by atoms with Gasteiger partial charge in [0.15, 0.2) is 5.96 Å². The van der Waals surface area contributed by atoms with E-state index in [0.717, 1.165) is 25.5 Å². The number of hydrogen-bond acceptors (Lipinski definition) is 1. The van der Waals surface area contributed by atoms with E-state index in [-0.39, 0.29) is 5.41 Å². The predicted octanol–water partition coefficient (Wildman–Crippen LogP) is 2.71. The van der Waals surface area contributed by atoms with Gasteiger partial charge in [-0.1, -0.05) is 45.0 Å². The quantitative estimate of drug-likeness (QED) is 0.646. The highest BCUT2D eigenvalue weighted by molar-refractivity contribution is 5.79. The molecule has 0 aliphatic carbocycles. The maximum atomic E-state index is 4.15. The van der Waals surface area contributed by atoms with Crippen molar-refractivity contribution in [1.29, 1.82) is 0 Å². The van der Waals surface area contributed by atoms with Gasteiger partial charge in [0.2, 0.25) is 0 Å². The molecule has 0 radical (unpaired) electrons. The van der Waals surface area contributed by atoms with Crippen LogP contribution in [0.1, 0.15) is 38.8 Å². The maximum Gasteiger partial charge on any atom is 0.190 e. The van der Waals surface area contributed by atoms with E-state index in [9.17, 15) is 0 Å². The van der Waals surface area contributed by atoms with Crippen LogP contribution < -0.4 is 10.6 Å². The largest absolute Gasteiger partial charge is 0.357 e. The van der Waals surface area contributed by atoms with Gasteiger partial charge in [-0.25, -0.2) is 0 Å². The van der Waals surface area contributed by atoms with E-state index >= 15 is 0 Å². The molecule has 2 N–H and O–H groups in total. The fourth-order valence-electron chi connectivity index (χ4n) is 1.88. The molecule has 3 heteroatoms. The van der Waals surface area contributed by atoms with Crippen LogP contribution in [-0.4, -0.2) is 26.1 Å². The van der Waals surface area contributed by atoms with E-state index in [1.54, 1.807) is 7.05 Å². The molecule has 0 amide bonds. The van der Waals surface area contributed by atoms with Gasteiger partial charge in [-0.15, -0.1) is 0 Å². The lowest BCUT2D eigenvalue weighted by Gasteiger charge is -2.19. The second-order valence-electron chi connectivity index (χ2n) is 5.73. The van der Waals surface area contributed by atoms with Crippen LogP contribution in [0.2, 0.25) is 0 Å². The summed E-state index contributed by atoms with van der Waals surface area (Å²) < 4.78 is 0. The number of guanidine groups is 1. The summed E-state index contributed by atoms with van der Waals surface area (Å²) in [7, 11) is 1.79. The van der Waals surface area contributed by atoms with Crippen molar-refractivity contribution in [3.8, 4) is 0 Å². The Morgan fingerprint density at radius 2 is 1.74 bits per heavy atom. The summed E-state index contributed by atoms with van der Waals surface area (Å²) in [6, 6.07) is 8.90. The molecular weight excluding hydrogens is 234 g/mol. The zero-order valence-corrected chi connectivity index (χ0v) is 12.9. The van der Waals surface area contributed by atoms with Gasteiger partial charge in [-0.05, 0) is 29.9 Å². The van der Waals surface area contributed by atoms with E-state index < -0.39 is 0 Å². The van der Waals surface area contributed by atoms with Crippen LogP contribution >= 0.6 is 0 Å². The van der Waals surface area contributed by atoms with E-state index in [1.165, 1.54) is 11.1 Å². The van der Waals surface area contributed by atoms with Gasteiger partial charge >= 0.3 is 0 Å². The summed E-state index contributed by atoms with van der Waals surface area (Å²) in [4.78, 5) is 4.15. The van der Waals surface area contributed by atoms with Crippen LogP contribution in [0.5, 0.6) is 0 Å². The summed E-state index contributed by atoms with van der Waals surface area (Å²) in [5, 5.41) is 6.49. The minimum Gasteiger partial charge on any atom is -0.357 e. The number of nitrogens with one attached hydrogen (secondary N) is 2. The first-order valence-corrected chi connectivity index (χ1v) is 7.01. The molecule has 106 valence electrons. The predicted molar refractivity (Wildman–Crippen MR) is 83.9 cm³/mol. The fourth-order valence-corrected chi connectivity index (χ4v) is 1.88. The molecule has 1 rings (SSSR count). The Balaban J connectivity index is 2.46. The maximum absolute atomic E-state index is 4.15. The number of rotatable bonds is 4. The molecule has 0 fully saturated rings. The van der Waals surface area contributed by atoms with Crippen LogP contribution in [0.15, 0.2) is 29.3 Å². The van der Waals surface area contributed by atoms with E-state index in [1.807, 2.05) is 0 Å². The molecule has 0 spiro atoms. The van der Waals surface area contributed by atoms with Crippen LogP contribution in [0.3, 0.4) is 0 Å². The van der Waals surface area contributed by atoms with Gasteiger partial charge in [0.25, 0.3) is 0 Å². The highest BCUT2D eigenvalue weighted by Crippen LogP contribution is 2.22. The number of hydrogen-bond donors (Lipinski definition) is 2. The fraction of sp³-hybridized carbons (Fsp3) is 0.562. The lowest BCUT2D eigenvalue weighted by atomic mass is 9.86. The molecule has 1 aromatic rings. The van der Waals surface area contributed by atoms with Crippen molar-refractivity contribution in [2.45, 2.75) is 39.5 Å². The van der Waals surface area contributed by atoms with E-state index in [4.69, 9.17) is 0 Å². The molecule has 0 unspecified atom stereocenters. The number of benzene rings is 1. The SMILES string of the molecule is CCNC(=NC)NCCc1ccc(C(C)(C)C)cc1.